The minimum absolute atomic E-state index is 0.116. The highest BCUT2D eigenvalue weighted by atomic mass is 16.5. The van der Waals surface area contributed by atoms with Crippen LogP contribution in [0.2, 0.25) is 0 Å². The van der Waals surface area contributed by atoms with Crippen LogP contribution in [-0.2, 0) is 4.74 Å². The number of benzene rings is 1. The van der Waals surface area contributed by atoms with Crippen LogP contribution in [0.5, 0.6) is 0 Å². The van der Waals surface area contributed by atoms with Gasteiger partial charge < -0.3 is 9.64 Å². The van der Waals surface area contributed by atoms with Crippen molar-refractivity contribution in [2.75, 3.05) is 31.2 Å². The van der Waals surface area contributed by atoms with Crippen molar-refractivity contribution in [3.05, 3.63) is 55.1 Å². The first-order valence-electron chi connectivity index (χ1n) is 12.5. The summed E-state index contributed by atoms with van der Waals surface area (Å²) in [6, 6.07) is 13.1. The van der Waals surface area contributed by atoms with Crippen LogP contribution in [0, 0.1) is 17.2 Å². The van der Waals surface area contributed by atoms with Gasteiger partial charge in [0.2, 0.25) is 0 Å². The number of anilines is 1. The Balaban J connectivity index is 1.34. The molecule has 4 aromatic rings. The SMILES string of the molecule is N#CCC(C1CCCC1)n1cc(-c2nc(-c3ccc(N4CCOCC4)cc3)cc3nccn23)cn1. The van der Waals surface area contributed by atoms with E-state index in [4.69, 9.17) is 9.72 Å². The van der Waals surface area contributed by atoms with E-state index in [2.05, 4.69) is 45.3 Å². The van der Waals surface area contributed by atoms with Crippen molar-refractivity contribution in [1.29, 1.82) is 5.26 Å². The van der Waals surface area contributed by atoms with Gasteiger partial charge in [0.05, 0.1) is 49.2 Å². The molecule has 0 bridgehead atoms. The van der Waals surface area contributed by atoms with Gasteiger partial charge in [-0.25, -0.2) is 9.97 Å². The highest BCUT2D eigenvalue weighted by Crippen LogP contribution is 2.36. The highest BCUT2D eigenvalue weighted by Gasteiger charge is 2.27. The van der Waals surface area contributed by atoms with Crippen molar-refractivity contribution in [2.24, 2.45) is 5.92 Å². The third-order valence-electron chi connectivity index (χ3n) is 7.37. The smallest absolute Gasteiger partial charge is 0.149 e. The van der Waals surface area contributed by atoms with Crippen LogP contribution in [0.1, 0.15) is 38.1 Å². The molecule has 1 aromatic carbocycles. The molecule has 1 aliphatic heterocycles. The summed E-state index contributed by atoms with van der Waals surface area (Å²) < 4.78 is 9.47. The number of nitrogens with zero attached hydrogens (tertiary/aromatic N) is 7. The molecule has 1 unspecified atom stereocenters. The van der Waals surface area contributed by atoms with Crippen molar-refractivity contribution in [1.82, 2.24) is 24.1 Å². The largest absolute Gasteiger partial charge is 0.378 e. The number of hydrogen-bond acceptors (Lipinski definition) is 6. The predicted molar refractivity (Wildman–Crippen MR) is 134 cm³/mol. The quantitative estimate of drug-likeness (QED) is 0.407. The molecule has 4 heterocycles. The van der Waals surface area contributed by atoms with E-state index >= 15 is 0 Å². The number of hydrogen-bond donors (Lipinski definition) is 0. The molecule has 8 heteroatoms. The van der Waals surface area contributed by atoms with Gasteiger partial charge in [-0.15, -0.1) is 0 Å². The number of aromatic nitrogens is 5. The van der Waals surface area contributed by atoms with E-state index in [-0.39, 0.29) is 6.04 Å². The van der Waals surface area contributed by atoms with Crippen LogP contribution < -0.4 is 4.90 Å². The van der Waals surface area contributed by atoms with Gasteiger partial charge >= 0.3 is 0 Å². The number of rotatable bonds is 6. The van der Waals surface area contributed by atoms with Gasteiger partial charge in [-0.05, 0) is 30.9 Å². The fourth-order valence-electron chi connectivity index (χ4n) is 5.49. The zero-order chi connectivity index (χ0) is 23.6. The summed E-state index contributed by atoms with van der Waals surface area (Å²) in [7, 11) is 0. The van der Waals surface area contributed by atoms with E-state index in [9.17, 15) is 5.26 Å². The molecule has 1 saturated heterocycles. The Labute approximate surface area is 204 Å². The number of fused-ring (bicyclic) bond motifs is 1. The molecule has 1 saturated carbocycles. The fourth-order valence-corrected chi connectivity index (χ4v) is 5.49. The van der Waals surface area contributed by atoms with Gasteiger partial charge in [-0.2, -0.15) is 10.4 Å². The lowest BCUT2D eigenvalue weighted by Gasteiger charge is -2.28. The van der Waals surface area contributed by atoms with Crippen molar-refractivity contribution in [2.45, 2.75) is 38.1 Å². The molecule has 35 heavy (non-hydrogen) atoms. The maximum absolute atomic E-state index is 9.44. The Kier molecular flexibility index (Phi) is 5.93. The summed E-state index contributed by atoms with van der Waals surface area (Å²) in [5, 5.41) is 14.1. The second-order valence-electron chi connectivity index (χ2n) is 9.45. The molecule has 1 atom stereocenters. The van der Waals surface area contributed by atoms with Crippen LogP contribution in [0.25, 0.3) is 28.3 Å². The summed E-state index contributed by atoms with van der Waals surface area (Å²) in [5.41, 5.74) is 4.91. The van der Waals surface area contributed by atoms with Crippen molar-refractivity contribution in [3.8, 4) is 28.7 Å². The molecule has 0 N–H and O–H groups in total. The lowest BCUT2D eigenvalue weighted by Crippen LogP contribution is -2.36. The van der Waals surface area contributed by atoms with Gasteiger partial charge in [0.15, 0.2) is 0 Å². The minimum Gasteiger partial charge on any atom is -0.378 e. The van der Waals surface area contributed by atoms with Crippen molar-refractivity contribution >= 4 is 11.3 Å². The maximum atomic E-state index is 9.44. The van der Waals surface area contributed by atoms with Crippen molar-refractivity contribution in [3.63, 3.8) is 0 Å². The molecule has 2 aliphatic rings. The summed E-state index contributed by atoms with van der Waals surface area (Å²) >= 11 is 0. The Hall–Kier alpha value is -3.70. The van der Waals surface area contributed by atoms with Crippen LogP contribution in [0.4, 0.5) is 5.69 Å². The Morgan fingerprint density at radius 3 is 2.66 bits per heavy atom. The van der Waals surface area contributed by atoms with Crippen LogP contribution in [0.3, 0.4) is 0 Å². The molecule has 0 amide bonds. The lowest BCUT2D eigenvalue weighted by atomic mass is 9.96. The van der Waals surface area contributed by atoms with E-state index in [1.807, 2.05) is 33.7 Å². The zero-order valence-electron chi connectivity index (χ0n) is 19.8. The van der Waals surface area contributed by atoms with E-state index in [0.717, 1.165) is 54.6 Å². The predicted octanol–water partition coefficient (Wildman–Crippen LogP) is 4.74. The average molecular weight is 468 g/mol. The van der Waals surface area contributed by atoms with Gasteiger partial charge in [0.1, 0.15) is 11.5 Å². The average Bonchev–Trinajstić information content (AvgIpc) is 3.69. The van der Waals surface area contributed by atoms with Crippen LogP contribution >= 0.6 is 0 Å². The molecule has 0 radical (unpaired) electrons. The first-order chi connectivity index (χ1) is 17.3. The first kappa shape index (κ1) is 21.8. The molecular formula is C27H29N7O. The van der Waals surface area contributed by atoms with E-state index in [0.29, 0.717) is 12.3 Å². The summed E-state index contributed by atoms with van der Waals surface area (Å²) in [6.45, 7) is 3.37. The highest BCUT2D eigenvalue weighted by molar-refractivity contribution is 5.70. The van der Waals surface area contributed by atoms with Gasteiger partial charge in [0, 0.05) is 49.0 Å². The Bertz CT molecular complexity index is 1340. The fraction of sp³-hybridized carbons (Fsp3) is 0.407. The summed E-state index contributed by atoms with van der Waals surface area (Å²) in [5.74, 6) is 1.32. The number of nitriles is 1. The van der Waals surface area contributed by atoms with Gasteiger partial charge in [0.25, 0.3) is 0 Å². The molecule has 0 spiro atoms. The topological polar surface area (TPSA) is 84.3 Å². The molecule has 2 fully saturated rings. The molecule has 1 aliphatic carbocycles. The van der Waals surface area contributed by atoms with E-state index in [1.54, 1.807) is 6.20 Å². The lowest BCUT2D eigenvalue weighted by molar-refractivity contribution is 0.122. The number of imidazole rings is 1. The minimum atomic E-state index is 0.116. The molecule has 3 aromatic heterocycles. The third-order valence-corrected chi connectivity index (χ3v) is 7.37. The first-order valence-corrected chi connectivity index (χ1v) is 12.5. The molecule has 6 rings (SSSR count). The summed E-state index contributed by atoms with van der Waals surface area (Å²) in [6.07, 6.45) is 12.9. The molecule has 178 valence electrons. The van der Waals surface area contributed by atoms with Crippen LogP contribution in [0.15, 0.2) is 55.1 Å². The molecule has 8 nitrogen and oxygen atoms in total. The van der Waals surface area contributed by atoms with E-state index < -0.39 is 0 Å². The third kappa shape index (κ3) is 4.28. The van der Waals surface area contributed by atoms with E-state index in [1.165, 1.54) is 31.4 Å². The van der Waals surface area contributed by atoms with Gasteiger partial charge in [-0.1, -0.05) is 25.0 Å². The second kappa shape index (κ2) is 9.51. The number of morpholine rings is 1. The maximum Gasteiger partial charge on any atom is 0.149 e. The Morgan fingerprint density at radius 1 is 1.09 bits per heavy atom. The second-order valence-corrected chi connectivity index (χ2v) is 9.45. The number of ether oxygens (including phenoxy) is 1. The van der Waals surface area contributed by atoms with Gasteiger partial charge in [-0.3, -0.25) is 9.08 Å². The normalized spacial score (nSPS) is 17.6. The standard InChI is InChI=1S/C27H29N7O/c28-10-9-25(21-3-1-2-4-21)34-19-22(18-30-34)27-31-24(17-26-29-11-12-33(26)27)20-5-7-23(8-6-20)32-13-15-35-16-14-32/h5-8,11-12,17-19,21,25H,1-4,9,13-16H2. The zero-order valence-corrected chi connectivity index (χ0v) is 19.8. The van der Waals surface area contributed by atoms with Crippen molar-refractivity contribution < 1.29 is 4.74 Å². The Morgan fingerprint density at radius 2 is 1.89 bits per heavy atom. The monoisotopic (exact) mass is 467 g/mol. The van der Waals surface area contributed by atoms with Crippen LogP contribution in [-0.4, -0.2) is 50.5 Å². The summed E-state index contributed by atoms with van der Waals surface area (Å²) in [4.78, 5) is 11.9. The molecular weight excluding hydrogens is 438 g/mol.